The number of ether oxygens (including phenoxy) is 1. The van der Waals surface area contributed by atoms with Gasteiger partial charge in [-0.3, -0.25) is 63.2 Å². The molecule has 3 heterocycles. The molecule has 2 aromatic rings. The fourth-order valence-corrected chi connectivity index (χ4v) is 8.90. The van der Waals surface area contributed by atoms with Crippen molar-refractivity contribution in [2.45, 2.75) is 64.7 Å². The molecule has 0 saturated carbocycles. The van der Waals surface area contributed by atoms with Gasteiger partial charge in [0.25, 0.3) is 0 Å². The maximum Gasteiger partial charge on any atom is 0.317 e. The third kappa shape index (κ3) is 22.4. The number of hydrogen-bond donors (Lipinski definition) is 10. The summed E-state index contributed by atoms with van der Waals surface area (Å²) in [5.41, 5.74) is 3.80. The number of rotatable bonds is 22. The summed E-state index contributed by atoms with van der Waals surface area (Å²) in [7, 11) is 0. The molecule has 1 saturated heterocycles. The van der Waals surface area contributed by atoms with Gasteiger partial charge in [-0.1, -0.05) is 55.3 Å². The number of carboxylic acid groups (broad SMARTS) is 3. The Kier molecular flexibility index (Phi) is 25.8. The number of amides is 5. The van der Waals surface area contributed by atoms with Gasteiger partial charge in [-0.25, -0.2) is 10.7 Å². The Hall–Kier alpha value is -5.97. The zero-order valence-electron chi connectivity index (χ0n) is 41.1. The van der Waals surface area contributed by atoms with E-state index in [1.807, 2.05) is 26.0 Å². The molecule has 0 aromatic heterocycles. The van der Waals surface area contributed by atoms with Gasteiger partial charge < -0.3 is 41.3 Å². The predicted octanol–water partition coefficient (Wildman–Crippen LogP) is -0.367. The molecule has 2 bridgehead atoms. The molecule has 2 aromatic carbocycles. The number of carbonyl (C=O) groups is 8. The van der Waals surface area contributed by atoms with Gasteiger partial charge in [0.15, 0.2) is 0 Å². The first-order chi connectivity index (χ1) is 34.9. The number of carbonyl (C=O) groups excluding carboxylic acids is 5. The molecule has 10 N–H and O–H groups in total. The Morgan fingerprint density at radius 3 is 1.73 bits per heavy atom. The van der Waals surface area contributed by atoms with E-state index < -0.39 is 71.4 Å². The number of fused-ring (bicyclic) bond motifs is 11. The molecule has 1 fully saturated rings. The number of nitrogens with zero attached hydrogens (tertiary/aromatic N) is 4. The Morgan fingerprint density at radius 2 is 1.25 bits per heavy atom. The summed E-state index contributed by atoms with van der Waals surface area (Å²) in [6.07, 6.45) is 1.16. The van der Waals surface area contributed by atoms with Crippen LogP contribution in [0.3, 0.4) is 0 Å². The Morgan fingerprint density at radius 1 is 0.740 bits per heavy atom. The van der Waals surface area contributed by atoms with Crippen LogP contribution in [0.1, 0.15) is 49.8 Å². The van der Waals surface area contributed by atoms with Crippen molar-refractivity contribution in [1.82, 2.24) is 46.3 Å². The minimum Gasteiger partial charge on any atom is -0.494 e. The molecule has 73 heavy (non-hydrogen) atoms. The minimum atomic E-state index is -1.21. The van der Waals surface area contributed by atoms with E-state index >= 15 is 0 Å². The molecule has 26 heteroatoms. The topological polar surface area (TPSA) is 339 Å². The first-order valence-electron chi connectivity index (χ1n) is 24.0. The van der Waals surface area contributed by atoms with Crippen molar-refractivity contribution < 1.29 is 78.2 Å². The highest BCUT2D eigenvalue weighted by Crippen LogP contribution is 2.27. The standard InChI is InChI=1S/C47H69N9O16S/c1-31(2)22-37-36(45(65)52-68)4-3-21-70-35-11-9-32(10-12-35)23-38(51-44(37)64)46(66)48-24-33-5-7-34(8-6-33)25-49-47(67)39(30-73-72-71-69)50-40(57)26-53-13-15-54(27-41(58)59)17-19-56(29-43(62)63)20-18-55(16-14-53)28-42(60)61/h5-12,31,36-39,68-69H,3-4,13-30H2,1-2H3,(H,48,66)(H,49,67)(H,50,57)(H,51,64)(H,52,65)(H,58,59)(H,60,61)(H,62,63)/t36-,37+,38-,39?/m0/s1. The molecule has 4 atom stereocenters. The second-order valence-electron chi connectivity index (χ2n) is 18.3. The van der Waals surface area contributed by atoms with E-state index in [0.29, 0.717) is 48.4 Å². The van der Waals surface area contributed by atoms with E-state index in [0.717, 1.165) is 5.56 Å². The van der Waals surface area contributed by atoms with Gasteiger partial charge in [-0.15, -0.1) is 4.33 Å². The summed E-state index contributed by atoms with van der Waals surface area (Å²) in [6, 6.07) is 11.9. The third-order valence-corrected chi connectivity index (χ3v) is 12.8. The van der Waals surface area contributed by atoms with Crippen LogP contribution in [0.2, 0.25) is 0 Å². The number of aliphatic carboxylic acids is 3. The normalized spacial score (nSPS) is 19.7. The number of hydrogen-bond acceptors (Lipinski definition) is 18. The van der Waals surface area contributed by atoms with Crippen LogP contribution in [0.25, 0.3) is 0 Å². The highest BCUT2D eigenvalue weighted by Gasteiger charge is 2.36. The lowest BCUT2D eigenvalue weighted by molar-refractivity contribution is -0.432. The van der Waals surface area contributed by atoms with Gasteiger partial charge >= 0.3 is 17.9 Å². The van der Waals surface area contributed by atoms with Crippen LogP contribution < -0.4 is 31.5 Å². The predicted molar refractivity (Wildman–Crippen MR) is 261 cm³/mol. The van der Waals surface area contributed by atoms with Crippen LogP contribution in [0.4, 0.5) is 0 Å². The zero-order valence-corrected chi connectivity index (χ0v) is 41.9. The average molecular weight is 1050 g/mol. The summed E-state index contributed by atoms with van der Waals surface area (Å²) in [6.45, 7) is 4.41. The van der Waals surface area contributed by atoms with Gasteiger partial charge in [0.05, 0.1) is 44.5 Å². The minimum absolute atomic E-state index is 0.0134. The van der Waals surface area contributed by atoms with Crippen LogP contribution in [0.15, 0.2) is 48.5 Å². The highest BCUT2D eigenvalue weighted by atomic mass is 32.2. The molecule has 0 radical (unpaired) electrons. The molecule has 0 spiro atoms. The Balaban J connectivity index is 1.39. The quantitative estimate of drug-likeness (QED) is 0.0236. The van der Waals surface area contributed by atoms with Crippen LogP contribution >= 0.6 is 12.0 Å². The number of hydroxylamine groups is 1. The van der Waals surface area contributed by atoms with Gasteiger partial charge in [0, 0.05) is 89.8 Å². The molecule has 25 nitrogen and oxygen atoms in total. The number of nitrogens with one attached hydrogen (secondary N) is 5. The zero-order chi connectivity index (χ0) is 53.3. The molecule has 5 amide bonds. The van der Waals surface area contributed by atoms with Crippen molar-refractivity contribution in [3.05, 3.63) is 65.2 Å². The summed E-state index contributed by atoms with van der Waals surface area (Å²) >= 11 is 0.542. The van der Waals surface area contributed by atoms with E-state index in [9.17, 15) is 58.9 Å². The van der Waals surface area contributed by atoms with Gasteiger partial charge in [-0.05, 0) is 54.0 Å². The monoisotopic (exact) mass is 1050 g/mol. The van der Waals surface area contributed by atoms with Crippen molar-refractivity contribution in [2.75, 3.05) is 90.9 Å². The maximum absolute atomic E-state index is 13.9. The Bertz CT molecular complexity index is 2090. The van der Waals surface area contributed by atoms with Crippen LogP contribution in [0, 0.1) is 17.8 Å². The van der Waals surface area contributed by atoms with Crippen LogP contribution in [0.5, 0.6) is 5.75 Å². The van der Waals surface area contributed by atoms with Crippen molar-refractivity contribution in [2.24, 2.45) is 17.8 Å². The smallest absolute Gasteiger partial charge is 0.317 e. The van der Waals surface area contributed by atoms with Crippen molar-refractivity contribution in [3.63, 3.8) is 0 Å². The lowest BCUT2D eigenvalue weighted by atomic mass is 9.81. The molecule has 3 aliphatic rings. The maximum atomic E-state index is 13.9. The summed E-state index contributed by atoms with van der Waals surface area (Å²) < 4.78 is 10.3. The van der Waals surface area contributed by atoms with Crippen LogP contribution in [-0.2, 0) is 67.2 Å². The fraction of sp³-hybridized carbons (Fsp3) is 0.574. The van der Waals surface area contributed by atoms with Gasteiger partial charge in [-0.2, -0.15) is 0 Å². The second kappa shape index (κ2) is 31.6. The lowest BCUT2D eigenvalue weighted by Gasteiger charge is -2.33. The molecule has 5 rings (SSSR count). The third-order valence-electron chi connectivity index (χ3n) is 12.2. The fourth-order valence-electron chi connectivity index (χ4n) is 8.43. The molecule has 404 valence electrons. The van der Waals surface area contributed by atoms with E-state index in [1.54, 1.807) is 61.5 Å². The van der Waals surface area contributed by atoms with E-state index in [-0.39, 0.29) is 116 Å². The summed E-state index contributed by atoms with van der Waals surface area (Å²) in [4.78, 5) is 109. The first kappa shape index (κ1) is 59.6. The first-order valence-corrected chi connectivity index (χ1v) is 24.9. The summed E-state index contributed by atoms with van der Waals surface area (Å²) in [5.74, 6) is -7.46. The number of benzene rings is 2. The molecular weight excluding hydrogens is 979 g/mol. The van der Waals surface area contributed by atoms with E-state index in [1.165, 1.54) is 0 Å². The van der Waals surface area contributed by atoms with Crippen molar-refractivity contribution in [1.29, 1.82) is 0 Å². The average Bonchev–Trinajstić information content (AvgIpc) is 3.34. The van der Waals surface area contributed by atoms with Crippen molar-refractivity contribution >= 4 is 59.5 Å². The number of carboxylic acids is 3. The Labute approximate surface area is 427 Å². The molecule has 3 aliphatic heterocycles. The molecular formula is C47H69N9O16S. The largest absolute Gasteiger partial charge is 0.494 e. The molecule has 0 aliphatic carbocycles. The lowest BCUT2D eigenvalue weighted by Crippen LogP contribution is -2.52. The molecule has 1 unspecified atom stereocenters. The summed E-state index contributed by atoms with van der Waals surface area (Å²) in [5, 5.41) is 61.7. The van der Waals surface area contributed by atoms with Gasteiger partial charge in [0.2, 0.25) is 29.5 Å². The van der Waals surface area contributed by atoms with E-state index in [4.69, 9.17) is 9.99 Å². The van der Waals surface area contributed by atoms with Crippen LogP contribution in [-0.4, -0.2) is 196 Å². The highest BCUT2D eigenvalue weighted by molar-refractivity contribution is 7.94. The van der Waals surface area contributed by atoms with Crippen molar-refractivity contribution in [3.8, 4) is 5.75 Å². The SMILES string of the molecule is CC(C)C[C@H]1C(=O)N[C@H](C(=O)NCc2ccc(CNC(=O)C(CSOOO)NC(=O)CN3CCN(CC(=O)O)CCN(CC(=O)O)CCN(CC(=O)O)CC3)cc2)Cc2ccc(cc2)OCCC[C@@H]1C(=O)NO. The van der Waals surface area contributed by atoms with Gasteiger partial charge in [0.1, 0.15) is 17.8 Å². The second-order valence-corrected chi connectivity index (χ2v) is 19.0. The van der Waals surface area contributed by atoms with E-state index in [2.05, 4.69) is 30.6 Å².